The lowest BCUT2D eigenvalue weighted by atomic mass is 10.1. The molecule has 4 heteroatoms. The summed E-state index contributed by atoms with van der Waals surface area (Å²) in [7, 11) is 0. The van der Waals surface area contributed by atoms with Crippen LogP contribution in [0.5, 0.6) is 0 Å². The molecule has 0 spiro atoms. The lowest BCUT2D eigenvalue weighted by molar-refractivity contribution is 0.315. The molecular formula is C11H22N2OS. The van der Waals surface area contributed by atoms with Gasteiger partial charge in [-0.2, -0.15) is 11.8 Å². The first-order valence-electron chi connectivity index (χ1n) is 5.66. The topological polar surface area (TPSA) is 58.6 Å². The normalized spacial score (nSPS) is 21.3. The number of hydrogen-bond acceptors (Lipinski definition) is 3. The van der Waals surface area contributed by atoms with Gasteiger partial charge in [0.25, 0.3) is 0 Å². The lowest BCUT2D eigenvalue weighted by Gasteiger charge is -2.15. The molecule has 1 unspecified atom stereocenters. The van der Waals surface area contributed by atoms with Crippen LogP contribution in [-0.2, 0) is 0 Å². The van der Waals surface area contributed by atoms with E-state index >= 15 is 0 Å². The van der Waals surface area contributed by atoms with E-state index in [1.807, 2.05) is 11.8 Å². The van der Waals surface area contributed by atoms with Crippen LogP contribution in [0.2, 0.25) is 0 Å². The first kappa shape index (κ1) is 12.7. The summed E-state index contributed by atoms with van der Waals surface area (Å²) in [5, 5.41) is 11.6. The number of thioether (sulfide) groups is 1. The summed E-state index contributed by atoms with van der Waals surface area (Å²) in [4.78, 5) is 0. The van der Waals surface area contributed by atoms with E-state index in [-0.39, 0.29) is 0 Å². The van der Waals surface area contributed by atoms with Crippen LogP contribution >= 0.6 is 11.8 Å². The Labute approximate surface area is 96.5 Å². The highest BCUT2D eigenvalue weighted by Crippen LogP contribution is 2.51. The minimum Gasteiger partial charge on any atom is -0.409 e. The second-order valence-electron chi connectivity index (χ2n) is 4.80. The molecule has 0 aromatic heterocycles. The fraction of sp³-hybridized carbons (Fsp3) is 0.909. The monoisotopic (exact) mass is 230 g/mol. The second kappa shape index (κ2) is 5.64. The van der Waals surface area contributed by atoms with Gasteiger partial charge in [0.05, 0.1) is 0 Å². The van der Waals surface area contributed by atoms with Gasteiger partial charge in [-0.1, -0.05) is 25.4 Å². The van der Waals surface area contributed by atoms with Crippen molar-refractivity contribution in [2.24, 2.45) is 22.2 Å². The third-order valence-corrected chi connectivity index (χ3v) is 4.77. The highest BCUT2D eigenvalue weighted by atomic mass is 32.2. The summed E-state index contributed by atoms with van der Waals surface area (Å²) < 4.78 is 0. The van der Waals surface area contributed by atoms with E-state index in [2.05, 4.69) is 19.0 Å². The minimum atomic E-state index is 0.356. The van der Waals surface area contributed by atoms with Gasteiger partial charge >= 0.3 is 0 Å². The zero-order chi connectivity index (χ0) is 11.3. The van der Waals surface area contributed by atoms with Gasteiger partial charge < -0.3 is 10.9 Å². The first-order chi connectivity index (χ1) is 7.12. The molecule has 0 bridgehead atoms. The van der Waals surface area contributed by atoms with Crippen LogP contribution in [0.15, 0.2) is 5.16 Å². The summed E-state index contributed by atoms with van der Waals surface area (Å²) in [5.74, 6) is 3.58. The minimum absolute atomic E-state index is 0.356. The maximum atomic E-state index is 8.53. The quantitative estimate of drug-likeness (QED) is 0.306. The highest BCUT2D eigenvalue weighted by Gasteiger charge is 2.42. The smallest absolute Gasteiger partial charge is 0.139 e. The molecular weight excluding hydrogens is 208 g/mol. The predicted octanol–water partition coefficient (Wildman–Crippen LogP) is 2.68. The highest BCUT2D eigenvalue weighted by molar-refractivity contribution is 7.99. The van der Waals surface area contributed by atoms with E-state index in [4.69, 9.17) is 10.9 Å². The largest absolute Gasteiger partial charge is 0.409 e. The molecule has 0 saturated heterocycles. The third kappa shape index (κ3) is 4.33. The summed E-state index contributed by atoms with van der Waals surface area (Å²) >= 11 is 2.02. The van der Waals surface area contributed by atoms with Crippen LogP contribution in [0, 0.1) is 11.3 Å². The number of nitrogens with zero attached hydrogens (tertiary/aromatic N) is 1. The molecule has 88 valence electrons. The average molecular weight is 230 g/mol. The number of amidine groups is 1. The van der Waals surface area contributed by atoms with E-state index in [1.54, 1.807) is 0 Å². The zero-order valence-corrected chi connectivity index (χ0v) is 10.5. The maximum absolute atomic E-state index is 8.53. The molecule has 1 aliphatic carbocycles. The van der Waals surface area contributed by atoms with Crippen LogP contribution in [0.3, 0.4) is 0 Å². The molecule has 0 aromatic rings. The van der Waals surface area contributed by atoms with E-state index < -0.39 is 0 Å². The number of rotatable bonds is 7. The Morgan fingerprint density at radius 1 is 1.60 bits per heavy atom. The van der Waals surface area contributed by atoms with Gasteiger partial charge in [0.1, 0.15) is 5.84 Å². The Morgan fingerprint density at radius 3 is 2.73 bits per heavy atom. The average Bonchev–Trinajstić information content (AvgIpc) is 2.97. The Kier molecular flexibility index (Phi) is 4.77. The summed E-state index contributed by atoms with van der Waals surface area (Å²) in [6.45, 7) is 4.52. The second-order valence-corrected chi connectivity index (χ2v) is 5.83. The molecule has 3 N–H and O–H groups in total. The molecule has 3 nitrogen and oxygen atoms in total. The zero-order valence-electron chi connectivity index (χ0n) is 9.70. The molecule has 0 aromatic carbocycles. The van der Waals surface area contributed by atoms with Crippen LogP contribution in [0.25, 0.3) is 0 Å². The Bertz CT molecular complexity index is 227. The van der Waals surface area contributed by atoms with Crippen molar-refractivity contribution in [2.75, 3.05) is 11.5 Å². The fourth-order valence-electron chi connectivity index (χ4n) is 1.56. The van der Waals surface area contributed by atoms with E-state index in [1.165, 1.54) is 25.0 Å². The molecule has 0 aliphatic heterocycles. The Morgan fingerprint density at radius 2 is 2.27 bits per heavy atom. The fourth-order valence-corrected chi connectivity index (χ4v) is 3.14. The van der Waals surface area contributed by atoms with E-state index in [0.717, 1.165) is 18.1 Å². The van der Waals surface area contributed by atoms with Crippen molar-refractivity contribution >= 4 is 17.6 Å². The van der Waals surface area contributed by atoms with Crippen molar-refractivity contribution in [3.63, 3.8) is 0 Å². The van der Waals surface area contributed by atoms with Gasteiger partial charge in [0.15, 0.2) is 0 Å². The third-order valence-electron chi connectivity index (χ3n) is 3.15. The van der Waals surface area contributed by atoms with Gasteiger partial charge in [-0.25, -0.2) is 0 Å². The van der Waals surface area contributed by atoms with Crippen molar-refractivity contribution in [1.29, 1.82) is 0 Å². The number of nitrogens with two attached hydrogens (primary N) is 1. The summed E-state index contributed by atoms with van der Waals surface area (Å²) in [6.07, 6.45) is 4.48. The molecule has 0 amide bonds. The van der Waals surface area contributed by atoms with Crippen molar-refractivity contribution in [2.45, 2.75) is 39.5 Å². The van der Waals surface area contributed by atoms with Crippen molar-refractivity contribution in [3.8, 4) is 0 Å². The molecule has 1 saturated carbocycles. The molecule has 1 atom stereocenters. The van der Waals surface area contributed by atoms with Crippen molar-refractivity contribution < 1.29 is 5.21 Å². The lowest BCUT2D eigenvalue weighted by Crippen LogP contribution is -2.19. The van der Waals surface area contributed by atoms with Crippen LogP contribution < -0.4 is 5.73 Å². The molecule has 0 heterocycles. The van der Waals surface area contributed by atoms with Gasteiger partial charge in [-0.05, 0) is 35.7 Å². The van der Waals surface area contributed by atoms with Crippen molar-refractivity contribution in [3.05, 3.63) is 0 Å². The van der Waals surface area contributed by atoms with Gasteiger partial charge in [-0.3, -0.25) is 0 Å². The molecule has 1 rings (SSSR count). The van der Waals surface area contributed by atoms with E-state index in [0.29, 0.717) is 11.3 Å². The maximum Gasteiger partial charge on any atom is 0.139 e. The number of oxime groups is 1. The van der Waals surface area contributed by atoms with Crippen LogP contribution in [0.1, 0.15) is 39.5 Å². The standard InChI is InChI=1S/C11H22N2OS/c1-3-9(2)7-15-8-11(4-5-11)6-10(12)13-14/h9,14H,3-8H2,1-2H3,(H2,12,13). The molecule has 0 radical (unpaired) electrons. The van der Waals surface area contributed by atoms with Crippen molar-refractivity contribution in [1.82, 2.24) is 0 Å². The summed E-state index contributed by atoms with van der Waals surface area (Å²) in [6, 6.07) is 0. The van der Waals surface area contributed by atoms with E-state index in [9.17, 15) is 0 Å². The molecule has 1 aliphatic rings. The molecule has 1 fully saturated rings. The SMILES string of the molecule is CCC(C)CSCC1(CC(N)=NO)CC1. The molecule has 15 heavy (non-hydrogen) atoms. The van der Waals surface area contributed by atoms with Crippen LogP contribution in [0.4, 0.5) is 0 Å². The first-order valence-corrected chi connectivity index (χ1v) is 6.81. The summed E-state index contributed by atoms with van der Waals surface area (Å²) in [5.41, 5.74) is 5.90. The number of hydrogen-bond donors (Lipinski definition) is 2. The Hall–Kier alpha value is -0.380. The van der Waals surface area contributed by atoms with Gasteiger partial charge in [-0.15, -0.1) is 0 Å². The van der Waals surface area contributed by atoms with Gasteiger partial charge in [0.2, 0.25) is 0 Å². The van der Waals surface area contributed by atoms with Gasteiger partial charge in [0, 0.05) is 6.42 Å². The predicted molar refractivity (Wildman–Crippen MR) is 66.5 cm³/mol. The Balaban J connectivity index is 2.20. The van der Waals surface area contributed by atoms with Crippen LogP contribution in [-0.4, -0.2) is 22.5 Å².